The van der Waals surface area contributed by atoms with Crippen molar-refractivity contribution < 1.29 is 32.2 Å². The number of rotatable bonds is 9. The molecule has 1 aromatic carbocycles. The van der Waals surface area contributed by atoms with Crippen LogP contribution in [0.25, 0.3) is 0 Å². The van der Waals surface area contributed by atoms with Crippen molar-refractivity contribution in [3.63, 3.8) is 0 Å². The van der Waals surface area contributed by atoms with E-state index in [4.69, 9.17) is 9.47 Å². The van der Waals surface area contributed by atoms with Gasteiger partial charge in [0, 0.05) is 25.2 Å². The monoisotopic (exact) mass is 334 g/mol. The van der Waals surface area contributed by atoms with Gasteiger partial charge in [-0.05, 0) is 26.8 Å². The summed E-state index contributed by atoms with van der Waals surface area (Å²) in [4.78, 5) is 12.0. The molecule has 0 N–H and O–H groups in total. The van der Waals surface area contributed by atoms with Crippen LogP contribution in [0.15, 0.2) is 24.3 Å². The standard InChI is InChI=1S/C16H21F3O4/c1-4-21-15(22-5-2)10-13(11(3)20)12-8-6-7-9-14(12)23-16(17,18)19/h6-9,13,15H,4-5,10H2,1-3H3. The van der Waals surface area contributed by atoms with Gasteiger partial charge in [-0.15, -0.1) is 13.2 Å². The summed E-state index contributed by atoms with van der Waals surface area (Å²) in [6, 6.07) is 5.62. The fraction of sp³-hybridized carbons (Fsp3) is 0.562. The number of alkyl halides is 3. The molecule has 0 aromatic heterocycles. The van der Waals surface area contributed by atoms with Crippen LogP contribution in [0, 0.1) is 0 Å². The summed E-state index contributed by atoms with van der Waals surface area (Å²) in [5.41, 5.74) is 0.168. The molecule has 0 aliphatic heterocycles. The van der Waals surface area contributed by atoms with Gasteiger partial charge in [0.05, 0.1) is 5.92 Å². The average Bonchev–Trinajstić information content (AvgIpc) is 2.44. The van der Waals surface area contributed by atoms with Crippen molar-refractivity contribution >= 4 is 5.78 Å². The molecule has 0 fully saturated rings. The van der Waals surface area contributed by atoms with E-state index in [0.717, 1.165) is 0 Å². The van der Waals surface area contributed by atoms with Gasteiger partial charge in [-0.25, -0.2) is 0 Å². The van der Waals surface area contributed by atoms with Gasteiger partial charge in [-0.1, -0.05) is 18.2 Å². The van der Waals surface area contributed by atoms with Crippen molar-refractivity contribution in [3.05, 3.63) is 29.8 Å². The summed E-state index contributed by atoms with van der Waals surface area (Å²) in [5.74, 6) is -1.48. The topological polar surface area (TPSA) is 44.8 Å². The summed E-state index contributed by atoms with van der Waals surface area (Å²) in [6.07, 6.45) is -5.37. The van der Waals surface area contributed by atoms with Crippen molar-refractivity contribution in [3.8, 4) is 5.75 Å². The minimum Gasteiger partial charge on any atom is -0.405 e. The molecule has 0 bridgehead atoms. The first-order valence-electron chi connectivity index (χ1n) is 7.36. The molecule has 0 radical (unpaired) electrons. The third-order valence-corrected chi connectivity index (χ3v) is 3.14. The quantitative estimate of drug-likeness (QED) is 0.639. The van der Waals surface area contributed by atoms with E-state index in [-0.39, 0.29) is 23.5 Å². The highest BCUT2D eigenvalue weighted by Gasteiger charge is 2.34. The lowest BCUT2D eigenvalue weighted by Crippen LogP contribution is -2.25. The normalized spacial score (nSPS) is 13.2. The highest BCUT2D eigenvalue weighted by Crippen LogP contribution is 2.34. The number of halogens is 3. The Hall–Kier alpha value is -1.60. The number of ether oxygens (including phenoxy) is 3. The predicted octanol–water partition coefficient (Wildman–Crippen LogP) is 4.05. The molecule has 0 saturated heterocycles. The summed E-state index contributed by atoms with van der Waals surface area (Å²) in [5, 5.41) is 0. The molecule has 1 rings (SSSR count). The Morgan fingerprint density at radius 1 is 1.13 bits per heavy atom. The number of hydrogen-bond acceptors (Lipinski definition) is 4. The summed E-state index contributed by atoms with van der Waals surface area (Å²) < 4.78 is 52.4. The molecule has 0 amide bonds. The third kappa shape index (κ3) is 6.58. The van der Waals surface area contributed by atoms with Crippen LogP contribution in [0.4, 0.5) is 13.2 Å². The second-order valence-corrected chi connectivity index (χ2v) is 4.82. The molecule has 0 heterocycles. The smallest absolute Gasteiger partial charge is 0.405 e. The van der Waals surface area contributed by atoms with Crippen LogP contribution in [0.5, 0.6) is 5.75 Å². The van der Waals surface area contributed by atoms with Gasteiger partial charge in [0.1, 0.15) is 11.5 Å². The molecule has 1 unspecified atom stereocenters. The van der Waals surface area contributed by atoms with Gasteiger partial charge in [0.15, 0.2) is 6.29 Å². The van der Waals surface area contributed by atoms with Gasteiger partial charge in [0.25, 0.3) is 0 Å². The second-order valence-electron chi connectivity index (χ2n) is 4.82. The molecule has 1 aromatic rings. The molecule has 23 heavy (non-hydrogen) atoms. The van der Waals surface area contributed by atoms with E-state index in [0.29, 0.717) is 13.2 Å². The zero-order valence-electron chi connectivity index (χ0n) is 13.4. The minimum atomic E-state index is -4.82. The van der Waals surface area contributed by atoms with Gasteiger partial charge < -0.3 is 14.2 Å². The Labute approximate surface area is 133 Å². The maximum atomic E-state index is 12.5. The molecule has 0 aliphatic rings. The van der Waals surface area contributed by atoms with E-state index in [1.165, 1.54) is 25.1 Å². The van der Waals surface area contributed by atoms with Gasteiger partial charge in [-0.3, -0.25) is 4.79 Å². The predicted molar refractivity (Wildman–Crippen MR) is 78.2 cm³/mol. The molecule has 0 aliphatic carbocycles. The number of benzene rings is 1. The number of Topliss-reactive ketones (excluding diaryl/α,β-unsaturated/α-hetero) is 1. The minimum absolute atomic E-state index is 0.120. The maximum absolute atomic E-state index is 12.5. The SMILES string of the molecule is CCOC(CC(C(C)=O)c1ccccc1OC(F)(F)F)OCC. The Balaban J connectivity index is 3.08. The van der Waals surface area contributed by atoms with E-state index in [2.05, 4.69) is 4.74 Å². The van der Waals surface area contributed by atoms with Crippen molar-refractivity contribution in [2.45, 2.75) is 45.8 Å². The van der Waals surface area contributed by atoms with Crippen LogP contribution in [0.2, 0.25) is 0 Å². The fourth-order valence-corrected chi connectivity index (χ4v) is 2.25. The maximum Gasteiger partial charge on any atom is 0.573 e. The highest BCUT2D eigenvalue weighted by molar-refractivity contribution is 5.84. The Bertz CT molecular complexity index is 496. The van der Waals surface area contributed by atoms with Crippen LogP contribution in [-0.4, -0.2) is 31.6 Å². The van der Waals surface area contributed by atoms with Crippen molar-refractivity contribution in [2.24, 2.45) is 0 Å². The van der Waals surface area contributed by atoms with E-state index in [1.54, 1.807) is 19.9 Å². The van der Waals surface area contributed by atoms with E-state index in [1.807, 2.05) is 0 Å². The Morgan fingerprint density at radius 3 is 2.17 bits per heavy atom. The van der Waals surface area contributed by atoms with Gasteiger partial charge in [0.2, 0.25) is 0 Å². The van der Waals surface area contributed by atoms with E-state index >= 15 is 0 Å². The summed E-state index contributed by atoms with van der Waals surface area (Å²) in [6.45, 7) is 5.61. The molecule has 7 heteroatoms. The summed E-state index contributed by atoms with van der Waals surface area (Å²) >= 11 is 0. The van der Waals surface area contributed by atoms with Crippen LogP contribution in [-0.2, 0) is 14.3 Å². The van der Waals surface area contributed by atoms with Crippen LogP contribution >= 0.6 is 0 Å². The number of carbonyl (C=O) groups is 1. The molecule has 0 spiro atoms. The van der Waals surface area contributed by atoms with Crippen LogP contribution in [0.1, 0.15) is 38.7 Å². The number of para-hydroxylation sites is 1. The lowest BCUT2D eigenvalue weighted by molar-refractivity contribution is -0.275. The lowest BCUT2D eigenvalue weighted by atomic mass is 9.91. The number of hydrogen-bond donors (Lipinski definition) is 0. The first kappa shape index (κ1) is 19.4. The van der Waals surface area contributed by atoms with Crippen molar-refractivity contribution in [1.82, 2.24) is 0 Å². The summed E-state index contributed by atoms with van der Waals surface area (Å²) in [7, 11) is 0. The first-order valence-corrected chi connectivity index (χ1v) is 7.36. The number of ketones is 1. The van der Waals surface area contributed by atoms with Crippen molar-refractivity contribution in [1.29, 1.82) is 0 Å². The average molecular weight is 334 g/mol. The largest absolute Gasteiger partial charge is 0.573 e. The van der Waals surface area contributed by atoms with Gasteiger partial charge >= 0.3 is 6.36 Å². The zero-order chi connectivity index (χ0) is 17.5. The van der Waals surface area contributed by atoms with Crippen molar-refractivity contribution in [2.75, 3.05) is 13.2 Å². The lowest BCUT2D eigenvalue weighted by Gasteiger charge is -2.24. The fourth-order valence-electron chi connectivity index (χ4n) is 2.25. The highest BCUT2D eigenvalue weighted by atomic mass is 19.4. The molecular weight excluding hydrogens is 313 g/mol. The molecule has 4 nitrogen and oxygen atoms in total. The zero-order valence-corrected chi connectivity index (χ0v) is 13.4. The second kappa shape index (κ2) is 8.88. The van der Waals surface area contributed by atoms with Gasteiger partial charge in [-0.2, -0.15) is 0 Å². The molecular formula is C16H21F3O4. The first-order chi connectivity index (χ1) is 10.8. The van der Waals surface area contributed by atoms with Crippen LogP contribution in [0.3, 0.4) is 0 Å². The number of carbonyl (C=O) groups excluding carboxylic acids is 1. The van der Waals surface area contributed by atoms with E-state index in [9.17, 15) is 18.0 Å². The third-order valence-electron chi connectivity index (χ3n) is 3.14. The van der Waals surface area contributed by atoms with E-state index < -0.39 is 18.6 Å². The Morgan fingerprint density at radius 2 is 1.70 bits per heavy atom. The molecule has 0 saturated carbocycles. The molecule has 130 valence electrons. The Kier molecular flexibility index (Phi) is 7.51. The van der Waals surface area contributed by atoms with Crippen LogP contribution < -0.4 is 4.74 Å². The molecule has 1 atom stereocenters.